The molecule has 1 atom stereocenters. The molecule has 0 aliphatic rings. The van der Waals surface area contributed by atoms with E-state index in [1.807, 2.05) is 19.1 Å². The van der Waals surface area contributed by atoms with Crippen molar-refractivity contribution in [3.63, 3.8) is 0 Å². The molecule has 2 aromatic rings. The fourth-order valence-electron chi connectivity index (χ4n) is 1.67. The topological polar surface area (TPSA) is 78.9 Å². The molecule has 1 amide bonds. The number of carbonyl (C=O) groups excluding carboxylic acids is 1. The molecule has 0 radical (unpaired) electrons. The lowest BCUT2D eigenvalue weighted by atomic mass is 10.1. The van der Waals surface area contributed by atoms with E-state index in [-0.39, 0.29) is 17.6 Å². The Kier molecular flexibility index (Phi) is 3.62. The minimum atomic E-state index is -0.284. The van der Waals surface area contributed by atoms with Crippen LogP contribution in [0.5, 0.6) is 0 Å². The van der Waals surface area contributed by atoms with Gasteiger partial charge in [0.25, 0.3) is 5.91 Å². The molecule has 1 unspecified atom stereocenters. The Morgan fingerprint density at radius 1 is 1.42 bits per heavy atom. The summed E-state index contributed by atoms with van der Waals surface area (Å²) < 4.78 is 4.86. The van der Waals surface area contributed by atoms with E-state index in [9.17, 15) is 4.79 Å². The van der Waals surface area contributed by atoms with E-state index < -0.39 is 0 Å². The van der Waals surface area contributed by atoms with Gasteiger partial charge >= 0.3 is 0 Å². The van der Waals surface area contributed by atoms with Crippen molar-refractivity contribution in [3.05, 3.63) is 52.9 Å². The second-order valence-electron chi connectivity index (χ2n) is 4.25. The van der Waals surface area contributed by atoms with Crippen LogP contribution in [0.4, 0.5) is 0 Å². The molecule has 0 fully saturated rings. The normalized spacial score (nSPS) is 11.6. The number of nitriles is 1. The van der Waals surface area contributed by atoms with Crippen LogP contribution in [0.3, 0.4) is 0 Å². The van der Waals surface area contributed by atoms with Crippen molar-refractivity contribution in [1.29, 1.82) is 5.26 Å². The van der Waals surface area contributed by atoms with Crippen molar-refractivity contribution in [2.75, 3.05) is 0 Å². The van der Waals surface area contributed by atoms with Gasteiger partial charge in [0.05, 0.1) is 17.7 Å². The Morgan fingerprint density at radius 2 is 2.11 bits per heavy atom. The second kappa shape index (κ2) is 5.36. The third kappa shape index (κ3) is 2.99. The molecule has 5 nitrogen and oxygen atoms in total. The first-order valence-corrected chi connectivity index (χ1v) is 5.84. The summed E-state index contributed by atoms with van der Waals surface area (Å²) in [6.45, 7) is 3.60. The summed E-state index contributed by atoms with van der Waals surface area (Å²) >= 11 is 0. The number of benzene rings is 1. The standard InChI is InChI=1S/C14H13N3O2/c1-9-7-13(17-19-9)14(18)16-10(2)12-5-3-11(8-15)4-6-12/h3-7,10H,1-2H3,(H,16,18). The summed E-state index contributed by atoms with van der Waals surface area (Å²) in [7, 11) is 0. The molecule has 1 aromatic heterocycles. The van der Waals surface area contributed by atoms with E-state index in [1.165, 1.54) is 0 Å². The van der Waals surface area contributed by atoms with E-state index in [1.54, 1.807) is 25.1 Å². The molecule has 0 spiro atoms. The summed E-state index contributed by atoms with van der Waals surface area (Å²) in [6.07, 6.45) is 0. The van der Waals surface area contributed by atoms with Gasteiger partial charge < -0.3 is 9.84 Å². The Balaban J connectivity index is 2.06. The highest BCUT2D eigenvalue weighted by Crippen LogP contribution is 2.14. The van der Waals surface area contributed by atoms with Crippen LogP contribution in [0.2, 0.25) is 0 Å². The van der Waals surface area contributed by atoms with Crippen molar-refractivity contribution >= 4 is 5.91 Å². The van der Waals surface area contributed by atoms with Gasteiger partial charge in [-0.15, -0.1) is 0 Å². The smallest absolute Gasteiger partial charge is 0.273 e. The molecule has 19 heavy (non-hydrogen) atoms. The molecule has 0 saturated carbocycles. The van der Waals surface area contributed by atoms with E-state index >= 15 is 0 Å². The average molecular weight is 255 g/mol. The Hall–Kier alpha value is -2.61. The number of aromatic nitrogens is 1. The second-order valence-corrected chi connectivity index (χ2v) is 4.25. The number of amides is 1. The third-order valence-corrected chi connectivity index (χ3v) is 2.75. The van der Waals surface area contributed by atoms with Gasteiger partial charge in [0.15, 0.2) is 5.69 Å². The summed E-state index contributed by atoms with van der Waals surface area (Å²) in [5.74, 6) is 0.310. The zero-order chi connectivity index (χ0) is 13.8. The van der Waals surface area contributed by atoms with Crippen LogP contribution in [-0.2, 0) is 0 Å². The number of hydrogen-bond donors (Lipinski definition) is 1. The fraction of sp³-hybridized carbons (Fsp3) is 0.214. The molecule has 1 heterocycles. The van der Waals surface area contributed by atoms with Gasteiger partial charge in [-0.3, -0.25) is 4.79 Å². The average Bonchev–Trinajstić information content (AvgIpc) is 2.85. The van der Waals surface area contributed by atoms with Crippen LogP contribution in [0.25, 0.3) is 0 Å². The quantitative estimate of drug-likeness (QED) is 0.913. The summed E-state index contributed by atoms with van der Waals surface area (Å²) in [6, 6.07) is 10.5. The summed E-state index contributed by atoms with van der Waals surface area (Å²) in [4.78, 5) is 11.9. The molecule has 1 aromatic carbocycles. The van der Waals surface area contributed by atoms with E-state index in [0.29, 0.717) is 11.3 Å². The largest absolute Gasteiger partial charge is 0.361 e. The number of nitrogens with one attached hydrogen (secondary N) is 1. The highest BCUT2D eigenvalue weighted by atomic mass is 16.5. The third-order valence-electron chi connectivity index (χ3n) is 2.75. The van der Waals surface area contributed by atoms with Crippen molar-refractivity contribution < 1.29 is 9.32 Å². The van der Waals surface area contributed by atoms with Crippen molar-refractivity contribution in [3.8, 4) is 6.07 Å². The van der Waals surface area contributed by atoms with Crippen molar-refractivity contribution in [2.45, 2.75) is 19.9 Å². The van der Waals surface area contributed by atoms with Gasteiger partial charge in [0.2, 0.25) is 0 Å². The van der Waals surface area contributed by atoms with E-state index in [0.717, 1.165) is 5.56 Å². The lowest BCUT2D eigenvalue weighted by Crippen LogP contribution is -2.26. The molecule has 2 rings (SSSR count). The number of rotatable bonds is 3. The van der Waals surface area contributed by atoms with Crippen molar-refractivity contribution in [2.24, 2.45) is 0 Å². The maximum Gasteiger partial charge on any atom is 0.273 e. The number of nitrogens with zero attached hydrogens (tertiary/aromatic N) is 2. The molecule has 1 N–H and O–H groups in total. The number of carbonyl (C=O) groups is 1. The first kappa shape index (κ1) is 12.8. The van der Waals surface area contributed by atoms with Crippen LogP contribution in [-0.4, -0.2) is 11.1 Å². The predicted octanol–water partition coefficient (Wildman–Crippen LogP) is 2.35. The zero-order valence-electron chi connectivity index (χ0n) is 10.7. The Bertz CT molecular complexity index is 623. The first-order valence-electron chi connectivity index (χ1n) is 5.84. The molecule has 0 saturated heterocycles. The highest BCUT2D eigenvalue weighted by Gasteiger charge is 2.14. The maximum absolute atomic E-state index is 11.9. The molecule has 0 bridgehead atoms. The van der Waals surface area contributed by atoms with Gasteiger partial charge in [-0.2, -0.15) is 5.26 Å². The fourth-order valence-corrected chi connectivity index (χ4v) is 1.67. The Labute approximate surface area is 110 Å². The minimum absolute atomic E-state index is 0.169. The molecule has 96 valence electrons. The zero-order valence-corrected chi connectivity index (χ0v) is 10.7. The van der Waals surface area contributed by atoms with Crippen molar-refractivity contribution in [1.82, 2.24) is 10.5 Å². The molecular weight excluding hydrogens is 242 g/mol. The van der Waals surface area contributed by atoms with Crippen LogP contribution < -0.4 is 5.32 Å². The molecular formula is C14H13N3O2. The highest BCUT2D eigenvalue weighted by molar-refractivity contribution is 5.92. The van der Waals surface area contributed by atoms with Crippen LogP contribution >= 0.6 is 0 Å². The molecule has 0 aliphatic heterocycles. The van der Waals surface area contributed by atoms with Gasteiger partial charge in [-0.05, 0) is 31.5 Å². The van der Waals surface area contributed by atoms with Gasteiger partial charge in [-0.25, -0.2) is 0 Å². The maximum atomic E-state index is 11.9. The molecule has 5 heteroatoms. The van der Waals surface area contributed by atoms with Crippen LogP contribution in [0.1, 0.15) is 40.3 Å². The summed E-state index contributed by atoms with van der Waals surface area (Å²) in [5.41, 5.74) is 1.78. The molecule has 0 aliphatic carbocycles. The van der Waals surface area contributed by atoms with E-state index in [2.05, 4.69) is 16.5 Å². The first-order chi connectivity index (χ1) is 9.10. The number of aryl methyl sites for hydroxylation is 1. The SMILES string of the molecule is Cc1cc(C(=O)NC(C)c2ccc(C#N)cc2)no1. The predicted molar refractivity (Wildman–Crippen MR) is 68.3 cm³/mol. The Morgan fingerprint density at radius 3 is 2.63 bits per heavy atom. The van der Waals surface area contributed by atoms with E-state index in [4.69, 9.17) is 9.78 Å². The van der Waals surface area contributed by atoms with Crippen LogP contribution in [0.15, 0.2) is 34.9 Å². The minimum Gasteiger partial charge on any atom is -0.361 e. The van der Waals surface area contributed by atoms with Gasteiger partial charge in [0.1, 0.15) is 5.76 Å². The summed E-state index contributed by atoms with van der Waals surface area (Å²) in [5, 5.41) is 15.2. The number of hydrogen-bond acceptors (Lipinski definition) is 4. The van der Waals surface area contributed by atoms with Gasteiger partial charge in [0, 0.05) is 6.07 Å². The lowest BCUT2D eigenvalue weighted by Gasteiger charge is -2.13. The monoisotopic (exact) mass is 255 g/mol. The van der Waals surface area contributed by atoms with Gasteiger partial charge in [-0.1, -0.05) is 17.3 Å². The lowest BCUT2D eigenvalue weighted by molar-refractivity contribution is 0.0930. The van der Waals surface area contributed by atoms with Crippen LogP contribution in [0, 0.1) is 18.3 Å².